The van der Waals surface area contributed by atoms with Crippen LogP contribution in [-0.2, 0) is 4.79 Å². The zero-order valence-corrected chi connectivity index (χ0v) is 14.2. The number of carbonyl (C=O) groups excluding carboxylic acids is 1. The predicted molar refractivity (Wildman–Crippen MR) is 94.6 cm³/mol. The number of rotatable bonds is 6. The van der Waals surface area contributed by atoms with E-state index in [9.17, 15) is 4.79 Å². The van der Waals surface area contributed by atoms with E-state index in [1.807, 2.05) is 62.4 Å². The van der Waals surface area contributed by atoms with E-state index in [1.54, 1.807) is 11.0 Å². The summed E-state index contributed by atoms with van der Waals surface area (Å²) in [5, 5.41) is 7.02. The van der Waals surface area contributed by atoms with Crippen LogP contribution in [0.3, 0.4) is 0 Å². The van der Waals surface area contributed by atoms with Gasteiger partial charge in [-0.3, -0.25) is 4.79 Å². The predicted octanol–water partition coefficient (Wildman–Crippen LogP) is 2.83. The van der Waals surface area contributed by atoms with Crippen molar-refractivity contribution in [3.05, 3.63) is 72.3 Å². The molecule has 6 heteroatoms. The Hall–Kier alpha value is -3.15. The van der Waals surface area contributed by atoms with Crippen molar-refractivity contribution >= 4 is 5.91 Å². The highest BCUT2D eigenvalue weighted by molar-refractivity contribution is 5.78. The third-order valence-corrected chi connectivity index (χ3v) is 3.81. The summed E-state index contributed by atoms with van der Waals surface area (Å²) in [5.41, 5.74) is 3.02. The molecule has 2 aromatic carbocycles. The SMILES string of the molecule is Cc1cccc(OCC(=O)N[C@H](C)c2ccc(-n3cncn3)cc2)c1. The molecule has 0 aliphatic heterocycles. The molecule has 1 atom stereocenters. The van der Waals surface area contributed by atoms with Crippen LogP contribution in [0, 0.1) is 6.92 Å². The van der Waals surface area contributed by atoms with Crippen molar-refractivity contribution in [1.29, 1.82) is 0 Å². The Kier molecular flexibility index (Phi) is 5.09. The minimum atomic E-state index is -0.158. The second kappa shape index (κ2) is 7.61. The van der Waals surface area contributed by atoms with Gasteiger partial charge in [-0.05, 0) is 49.2 Å². The summed E-state index contributed by atoms with van der Waals surface area (Å²) in [7, 11) is 0. The molecule has 0 bridgehead atoms. The standard InChI is InChI=1S/C19H20N4O2/c1-14-4-3-5-18(10-14)25-11-19(24)22-15(2)16-6-8-17(9-7-16)23-13-20-12-21-23/h3-10,12-13,15H,11H2,1-2H3,(H,22,24)/t15-/m1/s1. The number of aromatic nitrogens is 3. The Labute approximate surface area is 146 Å². The molecule has 3 aromatic rings. The molecule has 128 valence electrons. The number of carbonyl (C=O) groups is 1. The highest BCUT2D eigenvalue weighted by atomic mass is 16.5. The van der Waals surface area contributed by atoms with Crippen molar-refractivity contribution in [3.63, 3.8) is 0 Å². The first-order valence-corrected chi connectivity index (χ1v) is 8.05. The molecule has 25 heavy (non-hydrogen) atoms. The normalized spacial score (nSPS) is 11.8. The molecule has 0 aliphatic carbocycles. The minimum Gasteiger partial charge on any atom is -0.484 e. The number of hydrogen-bond acceptors (Lipinski definition) is 4. The molecule has 1 heterocycles. The molecule has 0 saturated carbocycles. The largest absolute Gasteiger partial charge is 0.484 e. The van der Waals surface area contributed by atoms with Crippen molar-refractivity contribution in [2.75, 3.05) is 6.61 Å². The molecule has 0 unspecified atom stereocenters. The van der Waals surface area contributed by atoms with Gasteiger partial charge in [0.05, 0.1) is 11.7 Å². The lowest BCUT2D eigenvalue weighted by Gasteiger charge is -2.15. The van der Waals surface area contributed by atoms with Gasteiger partial charge < -0.3 is 10.1 Å². The van der Waals surface area contributed by atoms with E-state index in [-0.39, 0.29) is 18.6 Å². The van der Waals surface area contributed by atoms with Crippen molar-refractivity contribution in [1.82, 2.24) is 20.1 Å². The summed E-state index contributed by atoms with van der Waals surface area (Å²) in [6, 6.07) is 15.3. The molecule has 0 fully saturated rings. The number of amides is 1. The van der Waals surface area contributed by atoms with E-state index in [1.165, 1.54) is 6.33 Å². The molecule has 0 spiro atoms. The van der Waals surface area contributed by atoms with E-state index < -0.39 is 0 Å². The lowest BCUT2D eigenvalue weighted by Crippen LogP contribution is -2.31. The van der Waals surface area contributed by atoms with E-state index in [2.05, 4.69) is 15.4 Å². The number of nitrogens with one attached hydrogen (secondary N) is 1. The van der Waals surface area contributed by atoms with Crippen LogP contribution >= 0.6 is 0 Å². The zero-order chi connectivity index (χ0) is 17.6. The number of aryl methyl sites for hydroxylation is 1. The van der Waals surface area contributed by atoms with Crippen LogP contribution in [0.25, 0.3) is 5.69 Å². The monoisotopic (exact) mass is 336 g/mol. The van der Waals surface area contributed by atoms with Gasteiger partial charge in [0.25, 0.3) is 5.91 Å². The third kappa shape index (κ3) is 4.44. The van der Waals surface area contributed by atoms with Crippen LogP contribution in [0.5, 0.6) is 5.75 Å². The Bertz CT molecular complexity index is 829. The molecule has 6 nitrogen and oxygen atoms in total. The van der Waals surface area contributed by atoms with Gasteiger partial charge in [-0.25, -0.2) is 9.67 Å². The highest BCUT2D eigenvalue weighted by Crippen LogP contribution is 2.16. The van der Waals surface area contributed by atoms with E-state index in [0.717, 1.165) is 16.8 Å². The van der Waals surface area contributed by atoms with E-state index in [0.29, 0.717) is 5.75 Å². The summed E-state index contributed by atoms with van der Waals surface area (Å²) in [4.78, 5) is 16.0. The van der Waals surface area contributed by atoms with Crippen LogP contribution in [-0.4, -0.2) is 27.3 Å². The molecule has 1 amide bonds. The van der Waals surface area contributed by atoms with Gasteiger partial charge in [-0.15, -0.1) is 0 Å². The van der Waals surface area contributed by atoms with Crippen LogP contribution in [0.15, 0.2) is 61.2 Å². The molecule has 1 N–H and O–H groups in total. The topological polar surface area (TPSA) is 69.0 Å². The number of ether oxygens (including phenoxy) is 1. The van der Waals surface area contributed by atoms with Crippen LogP contribution in [0.1, 0.15) is 24.1 Å². The molecule has 0 radical (unpaired) electrons. The van der Waals surface area contributed by atoms with Crippen molar-refractivity contribution < 1.29 is 9.53 Å². The van der Waals surface area contributed by atoms with Crippen molar-refractivity contribution in [2.24, 2.45) is 0 Å². The summed E-state index contributed by atoms with van der Waals surface area (Å²) in [5.74, 6) is 0.536. The number of benzene rings is 2. The van der Waals surface area contributed by atoms with Gasteiger partial charge in [0.15, 0.2) is 6.61 Å². The first kappa shape index (κ1) is 16.7. The van der Waals surface area contributed by atoms with Crippen LogP contribution in [0.2, 0.25) is 0 Å². The van der Waals surface area contributed by atoms with Crippen molar-refractivity contribution in [3.8, 4) is 11.4 Å². The maximum absolute atomic E-state index is 12.1. The Morgan fingerprint density at radius 2 is 2.04 bits per heavy atom. The summed E-state index contributed by atoms with van der Waals surface area (Å²) < 4.78 is 7.21. The molecule has 0 aliphatic rings. The van der Waals surface area contributed by atoms with Gasteiger partial charge in [0.2, 0.25) is 0 Å². The lowest BCUT2D eigenvalue weighted by molar-refractivity contribution is -0.123. The highest BCUT2D eigenvalue weighted by Gasteiger charge is 2.10. The van der Waals surface area contributed by atoms with Gasteiger partial charge >= 0.3 is 0 Å². The van der Waals surface area contributed by atoms with E-state index in [4.69, 9.17) is 4.74 Å². The van der Waals surface area contributed by atoms with Crippen molar-refractivity contribution in [2.45, 2.75) is 19.9 Å². The molecular formula is C19H20N4O2. The fourth-order valence-corrected chi connectivity index (χ4v) is 2.48. The smallest absolute Gasteiger partial charge is 0.258 e. The third-order valence-electron chi connectivity index (χ3n) is 3.81. The van der Waals surface area contributed by atoms with E-state index >= 15 is 0 Å². The summed E-state index contributed by atoms with van der Waals surface area (Å²) >= 11 is 0. The summed E-state index contributed by atoms with van der Waals surface area (Å²) in [6.07, 6.45) is 3.13. The van der Waals surface area contributed by atoms with Gasteiger partial charge in [-0.2, -0.15) is 5.10 Å². The van der Waals surface area contributed by atoms with Gasteiger partial charge in [-0.1, -0.05) is 24.3 Å². The van der Waals surface area contributed by atoms with Gasteiger partial charge in [0, 0.05) is 0 Å². The number of hydrogen-bond donors (Lipinski definition) is 1. The fraction of sp³-hybridized carbons (Fsp3) is 0.211. The first-order valence-electron chi connectivity index (χ1n) is 8.05. The number of nitrogens with zero attached hydrogens (tertiary/aromatic N) is 3. The Morgan fingerprint density at radius 1 is 1.24 bits per heavy atom. The molecule has 0 saturated heterocycles. The molecule has 3 rings (SSSR count). The van der Waals surface area contributed by atoms with Crippen LogP contribution in [0.4, 0.5) is 0 Å². The summed E-state index contributed by atoms with van der Waals surface area (Å²) in [6.45, 7) is 3.91. The maximum atomic E-state index is 12.1. The minimum absolute atomic E-state index is 0.00909. The Balaban J connectivity index is 1.54. The maximum Gasteiger partial charge on any atom is 0.258 e. The first-order chi connectivity index (χ1) is 12.1. The zero-order valence-electron chi connectivity index (χ0n) is 14.2. The molecule has 1 aromatic heterocycles. The Morgan fingerprint density at radius 3 is 2.72 bits per heavy atom. The average molecular weight is 336 g/mol. The van der Waals surface area contributed by atoms with Gasteiger partial charge in [0.1, 0.15) is 18.4 Å². The quantitative estimate of drug-likeness (QED) is 0.751. The second-order valence-corrected chi connectivity index (χ2v) is 5.83. The van der Waals surface area contributed by atoms with Crippen LogP contribution < -0.4 is 10.1 Å². The average Bonchev–Trinajstić information content (AvgIpc) is 3.15. The molecular weight excluding hydrogens is 316 g/mol. The second-order valence-electron chi connectivity index (χ2n) is 5.83. The lowest BCUT2D eigenvalue weighted by atomic mass is 10.1. The fourth-order valence-electron chi connectivity index (χ4n) is 2.48.